The first-order chi connectivity index (χ1) is 11.9. The van der Waals surface area contributed by atoms with Crippen molar-refractivity contribution in [3.63, 3.8) is 0 Å². The fraction of sp³-hybridized carbons (Fsp3) is 0.375. The fourth-order valence-corrected chi connectivity index (χ4v) is 3.05. The number of nitrogens with zero attached hydrogens (tertiary/aromatic N) is 1. The first-order valence-electron chi connectivity index (χ1n) is 9.15. The summed E-state index contributed by atoms with van der Waals surface area (Å²) in [4.78, 5) is 0. The molecule has 0 saturated carbocycles. The van der Waals surface area contributed by atoms with Crippen LogP contribution in [0.25, 0.3) is 6.08 Å². The minimum atomic E-state index is 0.0713. The summed E-state index contributed by atoms with van der Waals surface area (Å²) in [6.45, 7) is 8.61. The number of fused-ring (bicyclic) bond motifs is 1. The van der Waals surface area contributed by atoms with E-state index in [9.17, 15) is 0 Å². The van der Waals surface area contributed by atoms with Gasteiger partial charge in [0.25, 0.3) is 0 Å². The molecule has 0 saturated heterocycles. The first kappa shape index (κ1) is 19.0. The van der Waals surface area contributed by atoms with Crippen LogP contribution in [0, 0.1) is 16.7 Å². The van der Waals surface area contributed by atoms with Crippen molar-refractivity contribution in [3.05, 3.63) is 76.4 Å². The lowest BCUT2D eigenvalue weighted by molar-refractivity contribution is 0.517. The van der Waals surface area contributed by atoms with Crippen molar-refractivity contribution in [2.24, 2.45) is 5.41 Å². The van der Waals surface area contributed by atoms with Crippen LogP contribution in [0.15, 0.2) is 59.7 Å². The Balaban J connectivity index is 2.21. The molecule has 130 valence electrons. The summed E-state index contributed by atoms with van der Waals surface area (Å²) in [5.74, 6) is 0. The molecule has 0 fully saturated rings. The third-order valence-electron chi connectivity index (χ3n) is 4.62. The van der Waals surface area contributed by atoms with Crippen molar-refractivity contribution < 1.29 is 0 Å². The Kier molecular flexibility index (Phi) is 6.59. The molecule has 0 N–H and O–H groups in total. The molecule has 0 atom stereocenters. The maximum absolute atomic E-state index is 8.68. The molecule has 1 aliphatic rings. The zero-order valence-corrected chi connectivity index (χ0v) is 16.0. The van der Waals surface area contributed by atoms with E-state index < -0.39 is 0 Å². The lowest BCUT2D eigenvalue weighted by Gasteiger charge is -2.20. The Bertz CT molecular complexity index is 758. The molecule has 0 radical (unpaired) electrons. The number of benzene rings is 1. The molecule has 0 spiro atoms. The van der Waals surface area contributed by atoms with Crippen molar-refractivity contribution in [3.8, 4) is 6.07 Å². The molecular weight excluding hydrogens is 302 g/mol. The predicted molar refractivity (Wildman–Crippen MR) is 108 cm³/mol. The van der Waals surface area contributed by atoms with E-state index in [1.807, 2.05) is 19.1 Å². The normalized spacial score (nSPS) is 16.3. The summed E-state index contributed by atoms with van der Waals surface area (Å²) in [6.07, 6.45) is 17.2. The standard InChI is InChI=1S/C24H29N/c1-19(16-17-25)8-7-11-23(24(2,3)4)15-13-20-12-14-21-9-5-6-10-22(21)18-20/h7-8,11-16,18H,5-6,9-10H2,1-4H3/b8-7+,15-13+,19-16+,23-11-. The number of aryl methyl sites for hydroxylation is 2. The van der Waals surface area contributed by atoms with Gasteiger partial charge in [-0.1, -0.05) is 69.4 Å². The number of hydrogen-bond acceptors (Lipinski definition) is 1. The highest BCUT2D eigenvalue weighted by molar-refractivity contribution is 5.56. The van der Waals surface area contributed by atoms with Crippen LogP contribution in [-0.2, 0) is 12.8 Å². The topological polar surface area (TPSA) is 23.8 Å². The van der Waals surface area contributed by atoms with E-state index in [0.717, 1.165) is 5.57 Å². The van der Waals surface area contributed by atoms with E-state index in [2.05, 4.69) is 63.3 Å². The number of allylic oxidation sites excluding steroid dienone is 7. The van der Waals surface area contributed by atoms with Gasteiger partial charge in [-0.15, -0.1) is 0 Å². The monoisotopic (exact) mass is 331 g/mol. The van der Waals surface area contributed by atoms with Crippen LogP contribution >= 0.6 is 0 Å². The van der Waals surface area contributed by atoms with Crippen molar-refractivity contribution in [1.82, 2.24) is 0 Å². The third kappa shape index (κ3) is 5.91. The summed E-state index contributed by atoms with van der Waals surface area (Å²) in [6, 6.07) is 8.94. The molecule has 1 heteroatoms. The van der Waals surface area contributed by atoms with Gasteiger partial charge in [-0.2, -0.15) is 5.26 Å². The molecule has 0 unspecified atom stereocenters. The minimum Gasteiger partial charge on any atom is -0.193 e. The Morgan fingerprint density at radius 3 is 2.48 bits per heavy atom. The van der Waals surface area contributed by atoms with Crippen LogP contribution in [0.5, 0.6) is 0 Å². The smallest absolute Gasteiger partial charge is 0.0914 e. The highest BCUT2D eigenvalue weighted by Crippen LogP contribution is 2.28. The van der Waals surface area contributed by atoms with Gasteiger partial charge in [-0.3, -0.25) is 0 Å². The molecule has 0 bridgehead atoms. The highest BCUT2D eigenvalue weighted by atomic mass is 14.2. The summed E-state index contributed by atoms with van der Waals surface area (Å²) >= 11 is 0. The summed E-state index contributed by atoms with van der Waals surface area (Å²) in [5.41, 5.74) is 6.63. The molecule has 1 aliphatic carbocycles. The SMILES string of the molecule is CC(/C=C/C=C(/C=C/c1ccc2c(c1)CCCC2)C(C)(C)C)=C\C#N. The van der Waals surface area contributed by atoms with E-state index >= 15 is 0 Å². The molecule has 0 aliphatic heterocycles. The molecule has 25 heavy (non-hydrogen) atoms. The number of rotatable bonds is 4. The summed E-state index contributed by atoms with van der Waals surface area (Å²) < 4.78 is 0. The van der Waals surface area contributed by atoms with Gasteiger partial charge in [0, 0.05) is 6.08 Å². The molecule has 2 rings (SSSR count). The zero-order chi connectivity index (χ0) is 18.3. The van der Waals surface area contributed by atoms with Gasteiger partial charge in [0.15, 0.2) is 0 Å². The second-order valence-corrected chi connectivity index (χ2v) is 7.82. The average molecular weight is 332 g/mol. The highest BCUT2D eigenvalue weighted by Gasteiger charge is 2.14. The average Bonchev–Trinajstić information content (AvgIpc) is 2.57. The van der Waals surface area contributed by atoms with Crippen LogP contribution in [0.4, 0.5) is 0 Å². The van der Waals surface area contributed by atoms with Gasteiger partial charge < -0.3 is 0 Å². The summed E-state index contributed by atoms with van der Waals surface area (Å²) in [7, 11) is 0. The van der Waals surface area contributed by atoms with Gasteiger partial charge in [-0.25, -0.2) is 0 Å². The Morgan fingerprint density at radius 2 is 1.80 bits per heavy atom. The quantitative estimate of drug-likeness (QED) is 0.451. The van der Waals surface area contributed by atoms with Crippen LogP contribution in [0.3, 0.4) is 0 Å². The predicted octanol–water partition coefficient (Wildman–Crippen LogP) is 6.58. The first-order valence-corrected chi connectivity index (χ1v) is 9.15. The number of hydrogen-bond donors (Lipinski definition) is 0. The van der Waals surface area contributed by atoms with Gasteiger partial charge in [-0.05, 0) is 65.9 Å². The van der Waals surface area contributed by atoms with E-state index in [1.165, 1.54) is 47.9 Å². The second kappa shape index (κ2) is 8.67. The maximum Gasteiger partial charge on any atom is 0.0914 e. The molecule has 0 amide bonds. The lowest BCUT2D eigenvalue weighted by Crippen LogP contribution is -2.07. The van der Waals surface area contributed by atoms with Crippen molar-refractivity contribution >= 4 is 6.08 Å². The van der Waals surface area contributed by atoms with E-state index in [4.69, 9.17) is 5.26 Å². The Labute approximate surface area is 153 Å². The van der Waals surface area contributed by atoms with Gasteiger partial charge in [0.2, 0.25) is 0 Å². The van der Waals surface area contributed by atoms with Crippen LogP contribution in [-0.4, -0.2) is 0 Å². The molecule has 0 aromatic heterocycles. The van der Waals surface area contributed by atoms with E-state index in [0.29, 0.717) is 0 Å². The molecule has 0 heterocycles. The minimum absolute atomic E-state index is 0.0713. The van der Waals surface area contributed by atoms with Crippen molar-refractivity contribution in [2.75, 3.05) is 0 Å². The summed E-state index contributed by atoms with van der Waals surface area (Å²) in [5, 5.41) is 8.68. The van der Waals surface area contributed by atoms with Gasteiger partial charge in [0.1, 0.15) is 0 Å². The number of nitriles is 1. The van der Waals surface area contributed by atoms with E-state index in [1.54, 1.807) is 6.08 Å². The van der Waals surface area contributed by atoms with E-state index in [-0.39, 0.29) is 5.41 Å². The maximum atomic E-state index is 8.68. The zero-order valence-electron chi connectivity index (χ0n) is 16.0. The fourth-order valence-electron chi connectivity index (χ4n) is 3.05. The molecule has 1 aromatic rings. The van der Waals surface area contributed by atoms with Gasteiger partial charge in [0.05, 0.1) is 6.07 Å². The largest absolute Gasteiger partial charge is 0.193 e. The van der Waals surface area contributed by atoms with Crippen molar-refractivity contribution in [1.29, 1.82) is 5.26 Å². The van der Waals surface area contributed by atoms with Crippen LogP contribution in [0.2, 0.25) is 0 Å². The lowest BCUT2D eigenvalue weighted by atomic mass is 9.85. The Hall–Kier alpha value is -2.33. The molecular formula is C24H29N. The second-order valence-electron chi connectivity index (χ2n) is 7.82. The van der Waals surface area contributed by atoms with Crippen LogP contribution < -0.4 is 0 Å². The van der Waals surface area contributed by atoms with Crippen LogP contribution in [0.1, 0.15) is 57.2 Å². The Morgan fingerprint density at radius 1 is 1.08 bits per heavy atom. The van der Waals surface area contributed by atoms with Crippen molar-refractivity contribution in [2.45, 2.75) is 53.4 Å². The molecule has 1 aromatic carbocycles. The third-order valence-corrected chi connectivity index (χ3v) is 4.62. The van der Waals surface area contributed by atoms with Gasteiger partial charge >= 0.3 is 0 Å². The molecule has 1 nitrogen and oxygen atoms in total.